The van der Waals surface area contributed by atoms with Crippen LogP contribution in [-0.2, 0) is 4.79 Å². The van der Waals surface area contributed by atoms with Crippen LogP contribution in [0.3, 0.4) is 0 Å². The number of ketones is 1. The Hall–Kier alpha value is 0.0200. The van der Waals surface area contributed by atoms with Gasteiger partial charge in [-0.2, -0.15) is 0 Å². The second-order valence-electron chi connectivity index (χ2n) is 1.33. The third kappa shape index (κ3) is 2.68. The molecule has 1 unspecified atom stereocenters. The third-order valence-electron chi connectivity index (χ3n) is 0.690. The van der Waals surface area contributed by atoms with Crippen LogP contribution in [0.25, 0.3) is 0 Å². The van der Waals surface area contributed by atoms with Crippen LogP contribution in [0.4, 0.5) is 0 Å². The summed E-state index contributed by atoms with van der Waals surface area (Å²) in [6.45, 7) is 5.23. The fraction of sp³-hybridized carbons (Fsp3) is 0.600. The van der Waals surface area contributed by atoms with E-state index in [1.807, 2.05) is 0 Å². The lowest BCUT2D eigenvalue weighted by molar-refractivity contribution is -0.117. The number of halogens is 1. The van der Waals surface area contributed by atoms with E-state index in [0.29, 0.717) is 6.42 Å². The highest BCUT2D eigenvalue weighted by atomic mass is 79.9. The van der Waals surface area contributed by atoms with Gasteiger partial charge < -0.3 is 0 Å². The Bertz CT molecular complexity index is 68.5. The van der Waals surface area contributed by atoms with E-state index in [-0.39, 0.29) is 10.6 Å². The Labute approximate surface area is 52.2 Å². The molecule has 0 radical (unpaired) electrons. The number of alkyl halides is 1. The van der Waals surface area contributed by atoms with Crippen molar-refractivity contribution in [3.63, 3.8) is 0 Å². The average Bonchev–Trinajstić information content (AvgIpc) is 1.65. The highest BCUT2D eigenvalue weighted by molar-refractivity contribution is 9.10. The maximum Gasteiger partial charge on any atom is 0.190 e. The van der Waals surface area contributed by atoms with Gasteiger partial charge >= 0.3 is 0 Å². The highest BCUT2D eigenvalue weighted by Gasteiger charge is 2.07. The minimum Gasteiger partial charge on any atom is -0.294 e. The summed E-state index contributed by atoms with van der Waals surface area (Å²) in [6.07, 6.45) is 0.381. The maximum absolute atomic E-state index is 10.4. The molecule has 0 aliphatic heterocycles. The largest absolute Gasteiger partial charge is 0.294 e. The lowest BCUT2D eigenvalue weighted by atomic mass is 10.2. The minimum atomic E-state index is -0.0231. The number of carbonyl (C=O) groups is 1. The van der Waals surface area contributed by atoms with Crippen LogP contribution in [0.2, 0.25) is 0 Å². The molecule has 0 rings (SSSR count). The monoisotopic (exact) mass is 163 g/mol. The smallest absolute Gasteiger partial charge is 0.190 e. The van der Waals surface area contributed by atoms with Gasteiger partial charge in [-0.1, -0.05) is 15.9 Å². The molecular weight excluding hydrogens is 156 g/mol. The number of hydrogen-bond donors (Lipinski definition) is 0. The van der Waals surface area contributed by atoms with Gasteiger partial charge in [-0.15, -0.1) is 0 Å². The SMILES string of the molecule is [CH2+]CC(=O)C(C)Br. The molecule has 0 aromatic rings. The summed E-state index contributed by atoms with van der Waals surface area (Å²) in [5.41, 5.74) is 0. The maximum atomic E-state index is 10.4. The zero-order valence-electron chi connectivity index (χ0n) is 4.28. The Balaban J connectivity index is 3.35. The molecule has 0 aromatic carbocycles. The van der Waals surface area contributed by atoms with E-state index in [1.54, 1.807) is 6.92 Å². The lowest BCUT2D eigenvalue weighted by Gasteiger charge is -1.90. The van der Waals surface area contributed by atoms with Crippen molar-refractivity contribution in [1.82, 2.24) is 0 Å². The molecule has 2 heteroatoms. The zero-order chi connectivity index (χ0) is 5.86. The molecule has 0 aliphatic carbocycles. The zero-order valence-corrected chi connectivity index (χ0v) is 5.86. The first-order valence-corrected chi connectivity index (χ1v) is 3.06. The molecule has 0 spiro atoms. The molecule has 0 aliphatic rings. The second-order valence-corrected chi connectivity index (χ2v) is 2.71. The fourth-order valence-electron chi connectivity index (χ4n) is 0.199. The molecule has 0 saturated carbocycles. The van der Waals surface area contributed by atoms with E-state index in [1.165, 1.54) is 0 Å². The van der Waals surface area contributed by atoms with E-state index < -0.39 is 0 Å². The Kier molecular flexibility index (Phi) is 3.09. The number of hydrogen-bond acceptors (Lipinski definition) is 1. The molecule has 0 fully saturated rings. The molecule has 0 N–H and O–H groups in total. The first kappa shape index (κ1) is 7.02. The molecule has 0 heterocycles. The predicted octanol–water partition coefficient (Wildman–Crippen LogP) is 1.56. The second kappa shape index (κ2) is 3.08. The van der Waals surface area contributed by atoms with Crippen molar-refractivity contribution in [2.45, 2.75) is 18.2 Å². The molecule has 7 heavy (non-hydrogen) atoms. The number of carbonyl (C=O) groups excluding carboxylic acids is 1. The summed E-state index contributed by atoms with van der Waals surface area (Å²) in [5.74, 6) is 0.153. The Morgan fingerprint density at radius 3 is 2.43 bits per heavy atom. The van der Waals surface area contributed by atoms with Crippen LogP contribution in [0, 0.1) is 6.92 Å². The summed E-state index contributed by atoms with van der Waals surface area (Å²) >= 11 is 3.11. The summed E-state index contributed by atoms with van der Waals surface area (Å²) in [4.78, 5) is 10.4. The van der Waals surface area contributed by atoms with Gasteiger partial charge in [0, 0.05) is 0 Å². The third-order valence-corrected chi connectivity index (χ3v) is 1.20. The van der Waals surface area contributed by atoms with Crippen molar-refractivity contribution in [2.75, 3.05) is 0 Å². The Morgan fingerprint density at radius 2 is 2.43 bits per heavy atom. The fourth-order valence-corrected chi connectivity index (χ4v) is 0.428. The van der Waals surface area contributed by atoms with Crippen molar-refractivity contribution in [3.8, 4) is 0 Å². The molecular formula is C5H8BrO+. The minimum absolute atomic E-state index is 0.0231. The van der Waals surface area contributed by atoms with E-state index in [2.05, 4.69) is 22.9 Å². The molecule has 40 valence electrons. The topological polar surface area (TPSA) is 17.1 Å². The summed E-state index contributed by atoms with van der Waals surface area (Å²) < 4.78 is 0. The van der Waals surface area contributed by atoms with E-state index in [9.17, 15) is 4.79 Å². The van der Waals surface area contributed by atoms with Crippen molar-refractivity contribution in [3.05, 3.63) is 6.92 Å². The van der Waals surface area contributed by atoms with E-state index in [0.717, 1.165) is 0 Å². The van der Waals surface area contributed by atoms with Gasteiger partial charge in [-0.3, -0.25) is 4.79 Å². The van der Waals surface area contributed by atoms with Crippen LogP contribution in [0.5, 0.6) is 0 Å². The molecule has 1 nitrogen and oxygen atoms in total. The predicted molar refractivity (Wildman–Crippen MR) is 33.4 cm³/mol. The van der Waals surface area contributed by atoms with Gasteiger partial charge in [0.1, 0.15) is 6.42 Å². The number of rotatable bonds is 2. The molecule has 1 atom stereocenters. The summed E-state index contributed by atoms with van der Waals surface area (Å²) in [6, 6.07) is 0. The summed E-state index contributed by atoms with van der Waals surface area (Å²) in [5, 5.41) is 0. The lowest BCUT2D eigenvalue weighted by Crippen LogP contribution is -2.06. The first-order chi connectivity index (χ1) is 3.18. The van der Waals surface area contributed by atoms with Crippen LogP contribution in [-0.4, -0.2) is 10.6 Å². The van der Waals surface area contributed by atoms with Gasteiger partial charge in [-0.25, -0.2) is 0 Å². The van der Waals surface area contributed by atoms with Gasteiger partial charge in [0.05, 0.1) is 11.8 Å². The summed E-state index contributed by atoms with van der Waals surface area (Å²) in [7, 11) is 0. The van der Waals surface area contributed by atoms with Crippen LogP contribution in [0.15, 0.2) is 0 Å². The van der Waals surface area contributed by atoms with E-state index >= 15 is 0 Å². The number of Topliss-reactive ketones (excluding diaryl/α,β-unsaturated/α-hetero) is 1. The standard InChI is InChI=1S/C5H8BrO/c1-3-5(7)4(2)6/h4H,1,3H2,2H3/q+1. The molecule has 0 saturated heterocycles. The van der Waals surface area contributed by atoms with Gasteiger partial charge in [0.25, 0.3) is 0 Å². The molecule has 0 amide bonds. The molecule has 0 bridgehead atoms. The first-order valence-electron chi connectivity index (χ1n) is 2.14. The van der Waals surface area contributed by atoms with Crippen LogP contribution < -0.4 is 0 Å². The van der Waals surface area contributed by atoms with Gasteiger partial charge in [0.15, 0.2) is 5.78 Å². The quantitative estimate of drug-likeness (QED) is 0.447. The molecule has 0 aromatic heterocycles. The van der Waals surface area contributed by atoms with Crippen LogP contribution in [0.1, 0.15) is 13.3 Å². The van der Waals surface area contributed by atoms with Crippen molar-refractivity contribution in [2.24, 2.45) is 0 Å². The van der Waals surface area contributed by atoms with Crippen molar-refractivity contribution < 1.29 is 4.79 Å². The van der Waals surface area contributed by atoms with Crippen molar-refractivity contribution >= 4 is 21.7 Å². The normalized spacial score (nSPS) is 13.4. The highest BCUT2D eigenvalue weighted by Crippen LogP contribution is 1.99. The average molecular weight is 164 g/mol. The van der Waals surface area contributed by atoms with E-state index in [4.69, 9.17) is 0 Å². The van der Waals surface area contributed by atoms with Crippen LogP contribution >= 0.6 is 15.9 Å². The van der Waals surface area contributed by atoms with Crippen molar-refractivity contribution in [1.29, 1.82) is 0 Å². The Morgan fingerprint density at radius 1 is 2.00 bits per heavy atom. The van der Waals surface area contributed by atoms with Gasteiger partial charge in [0.2, 0.25) is 0 Å². The van der Waals surface area contributed by atoms with Gasteiger partial charge in [-0.05, 0) is 6.92 Å².